The first-order valence-electron chi connectivity index (χ1n) is 9.45. The van der Waals surface area contributed by atoms with Crippen molar-refractivity contribution in [2.45, 2.75) is 65.9 Å². The topological polar surface area (TPSA) is 35.5 Å². The standard InChI is InChI=1S/C22H32O3Si/c1-8-15(3)10-11-18-17(9-2)16(4)19-14-25-22(23)20(19)21(18)24-12-13-26(5,6)7/h8,10H,1,9,11-14H2,2-7H3/b15-10+. The molecule has 26 heavy (non-hydrogen) atoms. The molecule has 1 aromatic rings. The van der Waals surface area contributed by atoms with Gasteiger partial charge >= 0.3 is 5.97 Å². The largest absolute Gasteiger partial charge is 0.493 e. The molecule has 0 bridgehead atoms. The van der Waals surface area contributed by atoms with Crippen LogP contribution in [0.1, 0.15) is 46.5 Å². The Hall–Kier alpha value is -1.81. The van der Waals surface area contributed by atoms with E-state index in [1.165, 1.54) is 11.1 Å². The Morgan fingerprint density at radius 1 is 1.31 bits per heavy atom. The highest BCUT2D eigenvalue weighted by molar-refractivity contribution is 6.76. The summed E-state index contributed by atoms with van der Waals surface area (Å²) in [6.45, 7) is 18.1. The summed E-state index contributed by atoms with van der Waals surface area (Å²) in [6.07, 6.45) is 5.66. The maximum absolute atomic E-state index is 12.4. The fourth-order valence-corrected chi connectivity index (χ4v) is 4.00. The second kappa shape index (κ2) is 8.25. The molecule has 1 aromatic carbocycles. The zero-order valence-corrected chi connectivity index (χ0v) is 18.1. The van der Waals surface area contributed by atoms with Gasteiger partial charge in [0.05, 0.1) is 6.61 Å². The Labute approximate surface area is 159 Å². The number of carbonyl (C=O) groups excluding carboxylic acids is 1. The molecule has 0 saturated carbocycles. The molecule has 1 heterocycles. The lowest BCUT2D eigenvalue weighted by molar-refractivity contribution is 0.0532. The smallest absolute Gasteiger partial charge is 0.342 e. The van der Waals surface area contributed by atoms with Gasteiger partial charge < -0.3 is 9.47 Å². The monoisotopic (exact) mass is 372 g/mol. The number of fused-ring (bicyclic) bond motifs is 1. The van der Waals surface area contributed by atoms with Crippen LogP contribution in [0, 0.1) is 6.92 Å². The number of rotatable bonds is 8. The summed E-state index contributed by atoms with van der Waals surface area (Å²) < 4.78 is 11.6. The van der Waals surface area contributed by atoms with Crippen molar-refractivity contribution in [3.63, 3.8) is 0 Å². The number of esters is 1. The predicted molar refractivity (Wildman–Crippen MR) is 111 cm³/mol. The van der Waals surface area contributed by atoms with Crippen molar-refractivity contribution in [2.75, 3.05) is 6.61 Å². The average molecular weight is 373 g/mol. The zero-order chi connectivity index (χ0) is 19.5. The Kier molecular flexibility index (Phi) is 6.51. The van der Waals surface area contributed by atoms with Crippen molar-refractivity contribution in [1.29, 1.82) is 0 Å². The summed E-state index contributed by atoms with van der Waals surface area (Å²) in [5, 5.41) is 0. The molecule has 142 valence electrons. The molecule has 0 aliphatic carbocycles. The number of hydrogen-bond donors (Lipinski definition) is 0. The molecule has 0 saturated heterocycles. The van der Waals surface area contributed by atoms with Gasteiger partial charge in [0.25, 0.3) is 0 Å². The lowest BCUT2D eigenvalue weighted by Crippen LogP contribution is -2.23. The molecule has 0 fully saturated rings. The first-order chi connectivity index (χ1) is 12.2. The summed E-state index contributed by atoms with van der Waals surface area (Å²) in [7, 11) is -1.21. The Balaban J connectivity index is 2.54. The third kappa shape index (κ3) is 4.47. The highest BCUT2D eigenvalue weighted by Gasteiger charge is 2.32. The number of benzene rings is 1. The van der Waals surface area contributed by atoms with E-state index >= 15 is 0 Å². The van der Waals surface area contributed by atoms with E-state index in [0.29, 0.717) is 18.8 Å². The lowest BCUT2D eigenvalue weighted by atomic mass is 9.89. The van der Waals surface area contributed by atoms with E-state index in [9.17, 15) is 4.79 Å². The molecule has 1 aliphatic rings. The number of allylic oxidation sites excluding steroid dienone is 3. The minimum atomic E-state index is -1.21. The second-order valence-electron chi connectivity index (χ2n) is 8.21. The second-order valence-corrected chi connectivity index (χ2v) is 13.8. The molecule has 0 aromatic heterocycles. The fraction of sp³-hybridized carbons (Fsp3) is 0.500. The van der Waals surface area contributed by atoms with Crippen molar-refractivity contribution in [3.05, 3.63) is 52.1 Å². The highest BCUT2D eigenvalue weighted by atomic mass is 28.3. The van der Waals surface area contributed by atoms with Crippen molar-refractivity contribution >= 4 is 14.0 Å². The third-order valence-corrected chi connectivity index (χ3v) is 6.73. The number of hydrogen-bond acceptors (Lipinski definition) is 3. The van der Waals surface area contributed by atoms with E-state index in [-0.39, 0.29) is 5.97 Å². The summed E-state index contributed by atoms with van der Waals surface area (Å²) in [6, 6.07) is 1.06. The Morgan fingerprint density at radius 2 is 2.00 bits per heavy atom. The molecule has 0 atom stereocenters. The normalized spacial score (nSPS) is 14.2. The highest BCUT2D eigenvalue weighted by Crippen LogP contribution is 2.39. The van der Waals surface area contributed by atoms with Gasteiger partial charge in [-0.25, -0.2) is 4.79 Å². The van der Waals surface area contributed by atoms with Crippen LogP contribution in [0.25, 0.3) is 0 Å². The van der Waals surface area contributed by atoms with Crippen LogP contribution in [0.2, 0.25) is 25.7 Å². The molecular weight excluding hydrogens is 340 g/mol. The van der Waals surface area contributed by atoms with Gasteiger partial charge in [0.1, 0.15) is 17.9 Å². The summed E-state index contributed by atoms with van der Waals surface area (Å²) in [4.78, 5) is 12.4. The maximum atomic E-state index is 12.4. The molecule has 0 amide bonds. The van der Waals surface area contributed by atoms with Crippen LogP contribution in [0.5, 0.6) is 5.75 Å². The zero-order valence-electron chi connectivity index (χ0n) is 17.1. The lowest BCUT2D eigenvalue weighted by Gasteiger charge is -2.22. The van der Waals surface area contributed by atoms with Gasteiger partial charge in [0.15, 0.2) is 0 Å². The van der Waals surface area contributed by atoms with Crippen LogP contribution in [0.4, 0.5) is 0 Å². The van der Waals surface area contributed by atoms with Gasteiger partial charge in [-0.15, -0.1) is 0 Å². The van der Waals surface area contributed by atoms with Crippen molar-refractivity contribution in [1.82, 2.24) is 0 Å². The van der Waals surface area contributed by atoms with Crippen LogP contribution >= 0.6 is 0 Å². The van der Waals surface area contributed by atoms with Crippen molar-refractivity contribution in [2.24, 2.45) is 0 Å². The van der Waals surface area contributed by atoms with Gasteiger partial charge in [-0.1, -0.05) is 50.9 Å². The van der Waals surface area contributed by atoms with Gasteiger partial charge in [-0.3, -0.25) is 0 Å². The van der Waals surface area contributed by atoms with Gasteiger partial charge in [-0.2, -0.15) is 0 Å². The van der Waals surface area contributed by atoms with E-state index in [0.717, 1.165) is 41.3 Å². The van der Waals surface area contributed by atoms with Crippen molar-refractivity contribution in [3.8, 4) is 5.75 Å². The van der Waals surface area contributed by atoms with Crippen LogP contribution in [0.15, 0.2) is 24.3 Å². The van der Waals surface area contributed by atoms with Crippen LogP contribution < -0.4 is 4.74 Å². The average Bonchev–Trinajstić information content (AvgIpc) is 2.96. The van der Waals surface area contributed by atoms with E-state index in [4.69, 9.17) is 9.47 Å². The Bertz CT molecular complexity index is 739. The molecule has 0 N–H and O–H groups in total. The Morgan fingerprint density at radius 3 is 2.58 bits per heavy atom. The first kappa shape index (κ1) is 20.5. The summed E-state index contributed by atoms with van der Waals surface area (Å²) >= 11 is 0. The predicted octanol–water partition coefficient (Wildman–Crippen LogP) is 5.62. The molecule has 0 radical (unpaired) electrons. The van der Waals surface area contributed by atoms with Crippen molar-refractivity contribution < 1.29 is 14.3 Å². The summed E-state index contributed by atoms with van der Waals surface area (Å²) in [5.41, 5.74) is 6.35. The molecular formula is C22H32O3Si. The molecule has 0 spiro atoms. The first-order valence-corrected chi connectivity index (χ1v) is 13.2. The van der Waals surface area contributed by atoms with E-state index in [1.54, 1.807) is 0 Å². The fourth-order valence-electron chi connectivity index (χ4n) is 3.29. The molecule has 2 rings (SSSR count). The summed E-state index contributed by atoms with van der Waals surface area (Å²) in [5.74, 6) is 0.496. The quantitative estimate of drug-likeness (QED) is 0.337. The van der Waals surface area contributed by atoms with Gasteiger partial charge in [-0.05, 0) is 43.9 Å². The third-order valence-electron chi connectivity index (χ3n) is 5.03. The van der Waals surface area contributed by atoms with Crippen LogP contribution in [-0.4, -0.2) is 20.7 Å². The maximum Gasteiger partial charge on any atom is 0.342 e. The van der Waals surface area contributed by atoms with Crippen LogP contribution in [0.3, 0.4) is 0 Å². The van der Waals surface area contributed by atoms with Gasteiger partial charge in [0.2, 0.25) is 0 Å². The number of carbonyl (C=O) groups is 1. The molecule has 1 aliphatic heterocycles. The molecule has 3 nitrogen and oxygen atoms in total. The number of cyclic esters (lactones) is 1. The van der Waals surface area contributed by atoms with Crippen LogP contribution in [-0.2, 0) is 24.2 Å². The minimum Gasteiger partial charge on any atom is -0.493 e. The molecule has 0 unspecified atom stereocenters. The van der Waals surface area contributed by atoms with E-state index in [2.05, 4.69) is 46.1 Å². The van der Waals surface area contributed by atoms with E-state index < -0.39 is 8.07 Å². The minimum absolute atomic E-state index is 0.251. The molecule has 4 heteroatoms. The SMILES string of the molecule is C=C/C(C)=C/Cc1c(CC)c(C)c2c(c1OCC[Si](C)(C)C)C(=O)OC2. The number of ether oxygens (including phenoxy) is 2. The van der Waals surface area contributed by atoms with Gasteiger partial charge in [0, 0.05) is 19.2 Å². The van der Waals surface area contributed by atoms with E-state index in [1.807, 2.05) is 13.0 Å².